The highest BCUT2D eigenvalue weighted by Crippen LogP contribution is 2.37. The summed E-state index contributed by atoms with van der Waals surface area (Å²) < 4.78 is 63.2. The maximum Gasteiger partial charge on any atom is 0.247 e. The monoisotopic (exact) mass is 761 g/mol. The average molecular weight is 764 g/mol. The van der Waals surface area contributed by atoms with Gasteiger partial charge in [-0.25, -0.2) is 21.6 Å². The molecule has 4 rings (SSSR count). The number of benzene rings is 4. The molecule has 0 unspecified atom stereocenters. The molecular formula is C31H31Cl4N3O7S2. The van der Waals surface area contributed by atoms with E-state index in [0.29, 0.717) is 29.0 Å². The first-order chi connectivity index (χ1) is 22.1. The van der Waals surface area contributed by atoms with Gasteiger partial charge in [-0.1, -0.05) is 82.8 Å². The number of nitrogens with one attached hydrogen (secondary N) is 1. The highest BCUT2D eigenvalue weighted by Gasteiger charge is 2.30. The van der Waals surface area contributed by atoms with E-state index < -0.39 is 41.3 Å². The number of hydrogen-bond donors (Lipinski definition) is 3. The van der Waals surface area contributed by atoms with Gasteiger partial charge in [-0.15, -0.1) is 0 Å². The Kier molecular flexibility index (Phi) is 12.3. The molecule has 4 aromatic carbocycles. The van der Waals surface area contributed by atoms with Crippen LogP contribution in [0.2, 0.25) is 20.1 Å². The normalized spacial score (nSPS) is 12.2. The highest BCUT2D eigenvalue weighted by atomic mass is 35.5. The van der Waals surface area contributed by atoms with Crippen LogP contribution in [0.5, 0.6) is 17.2 Å². The fourth-order valence-electron chi connectivity index (χ4n) is 4.39. The lowest BCUT2D eigenvalue weighted by Crippen LogP contribution is -2.30. The topological polar surface area (TPSA) is 136 Å². The highest BCUT2D eigenvalue weighted by molar-refractivity contribution is 7.89. The summed E-state index contributed by atoms with van der Waals surface area (Å²) in [5, 5.41) is 20.4. The number of ether oxygens (including phenoxy) is 1. The second-order valence-corrected chi connectivity index (χ2v) is 16.0. The van der Waals surface area contributed by atoms with E-state index in [2.05, 4.69) is 4.72 Å². The molecule has 3 N–H and O–H groups in total. The molecule has 47 heavy (non-hydrogen) atoms. The summed E-state index contributed by atoms with van der Waals surface area (Å²) in [5.41, 5.74) is 1.63. The summed E-state index contributed by atoms with van der Waals surface area (Å²) in [5.74, 6) is -0.665. The fourth-order valence-corrected chi connectivity index (χ4v) is 8.32. The first-order valence-electron chi connectivity index (χ1n) is 13.9. The quantitative estimate of drug-likeness (QED) is 0.132. The molecule has 4 aromatic rings. The van der Waals surface area contributed by atoms with Gasteiger partial charge in [-0.2, -0.15) is 4.31 Å². The van der Waals surface area contributed by atoms with E-state index in [1.807, 2.05) is 19.0 Å². The minimum Gasteiger partial charge on any atom is -0.505 e. The number of rotatable bonds is 14. The van der Waals surface area contributed by atoms with Gasteiger partial charge < -0.3 is 19.8 Å². The number of halogens is 4. The van der Waals surface area contributed by atoms with Crippen LogP contribution in [0.3, 0.4) is 0 Å². The third-order valence-corrected chi connectivity index (χ3v) is 11.0. The number of phenolic OH excluding ortho intramolecular Hbond substituents is 2. The lowest BCUT2D eigenvalue weighted by atomic mass is 10.1. The van der Waals surface area contributed by atoms with Crippen molar-refractivity contribution in [2.45, 2.75) is 29.4 Å². The first kappa shape index (κ1) is 37.0. The summed E-state index contributed by atoms with van der Waals surface area (Å²) >= 11 is 24.0. The fraction of sp³-hybridized carbons (Fsp3) is 0.226. The van der Waals surface area contributed by atoms with E-state index in [-0.39, 0.29) is 39.7 Å². The van der Waals surface area contributed by atoms with Crippen molar-refractivity contribution in [1.29, 1.82) is 0 Å². The van der Waals surface area contributed by atoms with Crippen molar-refractivity contribution in [3.05, 3.63) is 110 Å². The molecule has 0 atom stereocenters. The van der Waals surface area contributed by atoms with Gasteiger partial charge in [0.25, 0.3) is 0 Å². The Bertz CT molecular complexity index is 1960. The molecule has 0 heterocycles. The molecule has 0 fully saturated rings. The Hall–Kier alpha value is -2.78. The smallest absolute Gasteiger partial charge is 0.247 e. The molecule has 0 aliphatic heterocycles. The van der Waals surface area contributed by atoms with Gasteiger partial charge in [-0.3, -0.25) is 0 Å². The Morgan fingerprint density at radius 3 is 1.89 bits per heavy atom. The van der Waals surface area contributed by atoms with Crippen LogP contribution in [0.25, 0.3) is 0 Å². The summed E-state index contributed by atoms with van der Waals surface area (Å²) in [6.45, 7) is 0.722. The number of hydrogen-bond acceptors (Lipinski definition) is 8. The van der Waals surface area contributed by atoms with Crippen LogP contribution in [-0.4, -0.2) is 63.5 Å². The molecule has 0 spiro atoms. The molecule has 0 saturated heterocycles. The minimum atomic E-state index is -4.39. The molecule has 0 aliphatic carbocycles. The molecule has 252 valence electrons. The Morgan fingerprint density at radius 2 is 1.28 bits per heavy atom. The third kappa shape index (κ3) is 9.65. The largest absolute Gasteiger partial charge is 0.505 e. The van der Waals surface area contributed by atoms with Gasteiger partial charge in [0.1, 0.15) is 22.1 Å². The van der Waals surface area contributed by atoms with E-state index in [1.165, 1.54) is 12.1 Å². The van der Waals surface area contributed by atoms with Crippen LogP contribution in [0.4, 0.5) is 0 Å². The van der Waals surface area contributed by atoms with Crippen molar-refractivity contribution in [3.63, 3.8) is 0 Å². The van der Waals surface area contributed by atoms with Crippen molar-refractivity contribution in [2.75, 3.05) is 27.2 Å². The van der Waals surface area contributed by atoms with Gasteiger partial charge >= 0.3 is 0 Å². The van der Waals surface area contributed by atoms with Gasteiger partial charge in [0.2, 0.25) is 20.0 Å². The summed E-state index contributed by atoms with van der Waals surface area (Å²) in [7, 11) is -4.76. The third-order valence-electron chi connectivity index (χ3n) is 6.80. The number of likely N-dealkylation sites (N-methyl/N-ethyl adjacent to an activating group) is 1. The second-order valence-electron chi connectivity index (χ2n) is 10.7. The molecule has 0 saturated carbocycles. The van der Waals surface area contributed by atoms with Crippen molar-refractivity contribution in [3.8, 4) is 17.2 Å². The predicted molar refractivity (Wildman–Crippen MR) is 184 cm³/mol. The van der Waals surface area contributed by atoms with Crippen LogP contribution < -0.4 is 9.46 Å². The van der Waals surface area contributed by atoms with Crippen molar-refractivity contribution in [1.82, 2.24) is 13.9 Å². The zero-order chi connectivity index (χ0) is 34.5. The standard InChI is InChI=1S/C31H31Cl4N3O7S2/c1-37(2)10-11-45-25-8-6-20(7-9-25)18-38(47(43,44)29-16-24(33)14-27(35)31(29)40)19-22-5-3-4-21(12-22)17-36-46(41,42)28-15-23(32)13-26(34)30(28)39/h3-9,12-16,36,39-40H,10-11,17-19H2,1-2H3. The van der Waals surface area contributed by atoms with Crippen molar-refractivity contribution >= 4 is 66.5 Å². The molecular weight excluding hydrogens is 732 g/mol. The Morgan fingerprint density at radius 1 is 0.723 bits per heavy atom. The van der Waals surface area contributed by atoms with Crippen LogP contribution in [0.1, 0.15) is 16.7 Å². The Labute approximate surface area is 294 Å². The van der Waals surface area contributed by atoms with Gasteiger partial charge in [-0.05, 0) is 67.2 Å². The maximum atomic E-state index is 14.0. The van der Waals surface area contributed by atoms with Crippen LogP contribution >= 0.6 is 46.4 Å². The maximum absolute atomic E-state index is 14.0. The Balaban J connectivity index is 1.61. The van der Waals surface area contributed by atoms with Gasteiger partial charge in [0, 0.05) is 36.2 Å². The lowest BCUT2D eigenvalue weighted by Gasteiger charge is -2.24. The van der Waals surface area contributed by atoms with E-state index >= 15 is 0 Å². The molecule has 0 radical (unpaired) electrons. The van der Waals surface area contributed by atoms with Crippen molar-refractivity contribution < 1.29 is 31.8 Å². The van der Waals surface area contributed by atoms with E-state index in [1.54, 1.807) is 48.5 Å². The molecule has 0 aliphatic rings. The molecule has 0 bridgehead atoms. The summed E-state index contributed by atoms with van der Waals surface area (Å²) in [6.07, 6.45) is 0. The first-order valence-corrected chi connectivity index (χ1v) is 18.3. The summed E-state index contributed by atoms with van der Waals surface area (Å²) in [4.78, 5) is 1.03. The zero-order valence-electron chi connectivity index (χ0n) is 25.1. The average Bonchev–Trinajstić information content (AvgIpc) is 3.00. The van der Waals surface area contributed by atoms with Gasteiger partial charge in [0.15, 0.2) is 11.5 Å². The minimum absolute atomic E-state index is 0.0202. The van der Waals surface area contributed by atoms with E-state index in [9.17, 15) is 27.0 Å². The van der Waals surface area contributed by atoms with E-state index in [0.717, 1.165) is 23.0 Å². The van der Waals surface area contributed by atoms with Crippen LogP contribution in [0.15, 0.2) is 82.6 Å². The molecule has 0 amide bonds. The second kappa shape index (κ2) is 15.6. The predicted octanol–water partition coefficient (Wildman–Crippen LogP) is 6.52. The summed E-state index contributed by atoms with van der Waals surface area (Å²) in [6, 6.07) is 18.2. The van der Waals surface area contributed by atoms with Crippen molar-refractivity contribution in [2.24, 2.45) is 0 Å². The van der Waals surface area contributed by atoms with Crippen LogP contribution in [-0.2, 0) is 39.7 Å². The zero-order valence-corrected chi connectivity index (χ0v) is 29.8. The SMILES string of the molecule is CN(C)CCOc1ccc(CN(Cc2cccc(CNS(=O)(=O)c3cc(Cl)cc(Cl)c3O)c2)S(=O)(=O)c2cc(Cl)cc(Cl)c2O)cc1. The number of phenols is 2. The van der Waals surface area contributed by atoms with E-state index in [4.69, 9.17) is 51.1 Å². The number of aromatic hydroxyl groups is 2. The molecule has 0 aromatic heterocycles. The molecule has 10 nitrogen and oxygen atoms in total. The lowest BCUT2D eigenvalue weighted by molar-refractivity contribution is 0.261. The van der Waals surface area contributed by atoms with Crippen LogP contribution in [0, 0.1) is 0 Å². The number of sulfonamides is 2. The van der Waals surface area contributed by atoms with Gasteiger partial charge in [0.05, 0.1) is 10.0 Å². The molecule has 16 heteroatoms. The number of nitrogens with zero attached hydrogens (tertiary/aromatic N) is 2.